The van der Waals surface area contributed by atoms with Gasteiger partial charge in [-0.15, -0.1) is 0 Å². The highest BCUT2D eigenvalue weighted by atomic mass is 16.5. The number of Topliss-reactive ketones (excluding diaryl/α,β-unsaturated/α-hetero) is 1. The van der Waals surface area contributed by atoms with E-state index in [1.54, 1.807) is 37.1 Å². The molecule has 0 aliphatic heterocycles. The molecule has 4 aromatic rings. The summed E-state index contributed by atoms with van der Waals surface area (Å²) in [5.41, 5.74) is 2.78. The van der Waals surface area contributed by atoms with Crippen molar-refractivity contribution in [2.24, 2.45) is 0 Å². The fraction of sp³-hybridized carbons (Fsp3) is 0.192. The van der Waals surface area contributed by atoms with Crippen LogP contribution in [-0.4, -0.2) is 40.2 Å². The summed E-state index contributed by atoms with van der Waals surface area (Å²) in [4.78, 5) is 31.2. The number of carbonyl (C=O) groups is 2. The minimum atomic E-state index is -0.621. The summed E-state index contributed by atoms with van der Waals surface area (Å²) < 4.78 is 13.6. The minimum Gasteiger partial charge on any atom is -0.488 e. The fourth-order valence-corrected chi connectivity index (χ4v) is 3.47. The Labute approximate surface area is 192 Å². The van der Waals surface area contributed by atoms with E-state index in [0.717, 1.165) is 11.1 Å². The van der Waals surface area contributed by atoms with Crippen molar-refractivity contribution < 1.29 is 19.1 Å². The van der Waals surface area contributed by atoms with E-state index in [-0.39, 0.29) is 12.3 Å². The van der Waals surface area contributed by atoms with E-state index < -0.39 is 11.7 Å². The number of nitrogens with zero attached hydrogens (tertiary/aromatic N) is 3. The Balaban J connectivity index is 1.66. The molecular weight excluding hydrogens is 418 g/mol. The van der Waals surface area contributed by atoms with Crippen LogP contribution in [0.2, 0.25) is 0 Å². The van der Waals surface area contributed by atoms with Crippen molar-refractivity contribution >= 4 is 22.7 Å². The van der Waals surface area contributed by atoms with Crippen LogP contribution in [0.3, 0.4) is 0 Å². The first-order valence-electron chi connectivity index (χ1n) is 10.6. The molecule has 0 fully saturated rings. The smallest absolute Gasteiger partial charge is 0.294 e. The highest BCUT2D eigenvalue weighted by molar-refractivity contribution is 6.45. The molecule has 0 aliphatic carbocycles. The number of rotatable bonds is 9. The van der Waals surface area contributed by atoms with Gasteiger partial charge in [-0.25, -0.2) is 4.98 Å². The zero-order valence-electron chi connectivity index (χ0n) is 18.6. The SMILES string of the molecule is CN(C)C(=O)C(=O)c1cn(COCc2ccccc2)c2nccc(OCc3ccccc3)c12. The molecule has 0 saturated heterocycles. The maximum Gasteiger partial charge on any atom is 0.294 e. The van der Waals surface area contributed by atoms with Gasteiger partial charge in [0.2, 0.25) is 0 Å². The minimum absolute atomic E-state index is 0.171. The van der Waals surface area contributed by atoms with Crippen molar-refractivity contribution in [3.63, 3.8) is 0 Å². The summed E-state index contributed by atoms with van der Waals surface area (Å²) in [6.45, 7) is 0.902. The van der Waals surface area contributed by atoms with E-state index in [1.807, 2.05) is 60.7 Å². The first-order valence-corrected chi connectivity index (χ1v) is 10.6. The molecule has 1 amide bonds. The Bertz CT molecular complexity index is 1250. The van der Waals surface area contributed by atoms with E-state index >= 15 is 0 Å². The molecule has 4 rings (SSSR count). The highest BCUT2D eigenvalue weighted by Crippen LogP contribution is 2.31. The number of ketones is 1. The molecule has 0 bridgehead atoms. The number of pyridine rings is 1. The lowest BCUT2D eigenvalue weighted by molar-refractivity contribution is -0.124. The molecule has 0 N–H and O–H groups in total. The summed E-state index contributed by atoms with van der Waals surface area (Å²) in [5.74, 6) is -0.748. The van der Waals surface area contributed by atoms with E-state index in [1.165, 1.54) is 4.90 Å². The van der Waals surface area contributed by atoms with Gasteiger partial charge >= 0.3 is 0 Å². The average molecular weight is 444 g/mol. The standard InChI is InChI=1S/C26H25N3O4/c1-28(2)26(31)24(30)21-15-29(18-32-16-19-9-5-3-6-10-19)25-23(21)22(13-14-27-25)33-17-20-11-7-4-8-12-20/h3-15H,16-18H2,1-2H3. The molecule has 0 saturated carbocycles. The number of ether oxygens (including phenoxy) is 2. The number of likely N-dealkylation sites (N-methyl/N-ethyl adjacent to an activating group) is 1. The number of aromatic nitrogens is 2. The van der Waals surface area contributed by atoms with Crippen LogP contribution in [0.15, 0.2) is 79.1 Å². The largest absolute Gasteiger partial charge is 0.488 e. The highest BCUT2D eigenvalue weighted by Gasteiger charge is 2.26. The van der Waals surface area contributed by atoms with Gasteiger partial charge in [0.1, 0.15) is 24.7 Å². The fourth-order valence-electron chi connectivity index (χ4n) is 3.47. The zero-order valence-corrected chi connectivity index (χ0v) is 18.6. The van der Waals surface area contributed by atoms with Crippen LogP contribution in [0.25, 0.3) is 11.0 Å². The predicted octanol–water partition coefficient (Wildman–Crippen LogP) is 4.06. The molecule has 33 heavy (non-hydrogen) atoms. The molecule has 7 nitrogen and oxygen atoms in total. The third-order valence-corrected chi connectivity index (χ3v) is 5.14. The number of fused-ring (bicyclic) bond motifs is 1. The first kappa shape index (κ1) is 22.2. The first-order chi connectivity index (χ1) is 16.0. The Morgan fingerprint density at radius 2 is 1.55 bits per heavy atom. The number of benzene rings is 2. The maximum absolute atomic E-state index is 13.0. The topological polar surface area (TPSA) is 73.7 Å². The van der Waals surface area contributed by atoms with Gasteiger partial charge in [0.05, 0.1) is 17.6 Å². The molecule has 0 radical (unpaired) electrons. The number of hydrogen-bond acceptors (Lipinski definition) is 5. The lowest BCUT2D eigenvalue weighted by atomic mass is 10.1. The summed E-state index contributed by atoms with van der Waals surface area (Å²) in [5, 5.41) is 0.497. The lowest BCUT2D eigenvalue weighted by Crippen LogP contribution is -2.29. The predicted molar refractivity (Wildman–Crippen MR) is 125 cm³/mol. The molecule has 168 valence electrons. The van der Waals surface area contributed by atoms with E-state index in [2.05, 4.69) is 4.98 Å². The second-order valence-electron chi connectivity index (χ2n) is 7.79. The molecule has 0 unspecified atom stereocenters. The Kier molecular flexibility index (Phi) is 6.80. The van der Waals surface area contributed by atoms with Gasteiger partial charge in [0.15, 0.2) is 0 Å². The van der Waals surface area contributed by atoms with Crippen LogP contribution in [0, 0.1) is 0 Å². The average Bonchev–Trinajstić information content (AvgIpc) is 3.22. The van der Waals surface area contributed by atoms with Crippen LogP contribution < -0.4 is 4.74 Å². The van der Waals surface area contributed by atoms with Crippen molar-refractivity contribution in [1.82, 2.24) is 14.5 Å². The van der Waals surface area contributed by atoms with Gasteiger partial charge in [-0.1, -0.05) is 60.7 Å². The van der Waals surface area contributed by atoms with E-state index in [4.69, 9.17) is 9.47 Å². The Hall–Kier alpha value is -3.97. The van der Waals surface area contributed by atoms with Gasteiger partial charge in [-0.05, 0) is 17.2 Å². The van der Waals surface area contributed by atoms with Crippen LogP contribution in [0.1, 0.15) is 21.5 Å². The molecule has 2 heterocycles. The van der Waals surface area contributed by atoms with Crippen LogP contribution in [-0.2, 0) is 29.5 Å². The molecule has 2 aromatic carbocycles. The summed E-state index contributed by atoms with van der Waals surface area (Å²) in [7, 11) is 3.10. The quantitative estimate of drug-likeness (QED) is 0.288. The van der Waals surface area contributed by atoms with Crippen molar-refractivity contribution in [2.45, 2.75) is 19.9 Å². The molecule has 0 spiro atoms. The molecular formula is C26H25N3O4. The summed E-state index contributed by atoms with van der Waals surface area (Å²) in [6.07, 6.45) is 3.24. The van der Waals surface area contributed by atoms with Crippen molar-refractivity contribution in [1.29, 1.82) is 0 Å². The number of carbonyl (C=O) groups excluding carboxylic acids is 2. The third-order valence-electron chi connectivity index (χ3n) is 5.14. The second kappa shape index (κ2) is 10.1. The molecule has 0 atom stereocenters. The number of amides is 1. The molecule has 0 aliphatic rings. The van der Waals surface area contributed by atoms with Crippen LogP contribution in [0.4, 0.5) is 0 Å². The summed E-state index contributed by atoms with van der Waals surface area (Å²) >= 11 is 0. The summed E-state index contributed by atoms with van der Waals surface area (Å²) in [6, 6.07) is 21.2. The number of hydrogen-bond donors (Lipinski definition) is 0. The third kappa shape index (κ3) is 5.10. The Morgan fingerprint density at radius 1 is 0.909 bits per heavy atom. The van der Waals surface area contributed by atoms with Gasteiger partial charge in [0, 0.05) is 26.5 Å². The van der Waals surface area contributed by atoms with Crippen molar-refractivity contribution in [3.8, 4) is 5.75 Å². The maximum atomic E-state index is 13.0. The van der Waals surface area contributed by atoms with Crippen molar-refractivity contribution in [3.05, 3.63) is 95.8 Å². The van der Waals surface area contributed by atoms with Gasteiger partial charge < -0.3 is 18.9 Å². The van der Waals surface area contributed by atoms with Crippen LogP contribution in [0.5, 0.6) is 5.75 Å². The van der Waals surface area contributed by atoms with E-state index in [9.17, 15) is 9.59 Å². The Morgan fingerprint density at radius 3 is 2.18 bits per heavy atom. The van der Waals surface area contributed by atoms with Gasteiger partial charge in [-0.2, -0.15) is 0 Å². The monoisotopic (exact) mass is 443 g/mol. The normalized spacial score (nSPS) is 10.8. The molecule has 2 aromatic heterocycles. The van der Waals surface area contributed by atoms with E-state index in [0.29, 0.717) is 30.0 Å². The second-order valence-corrected chi connectivity index (χ2v) is 7.79. The van der Waals surface area contributed by atoms with Gasteiger partial charge in [0.25, 0.3) is 11.7 Å². The zero-order chi connectivity index (χ0) is 23.2. The lowest BCUT2D eigenvalue weighted by Gasteiger charge is -2.11. The van der Waals surface area contributed by atoms with Crippen LogP contribution >= 0.6 is 0 Å². The van der Waals surface area contributed by atoms with Crippen molar-refractivity contribution in [2.75, 3.05) is 14.1 Å². The molecule has 7 heteroatoms. The van der Waals surface area contributed by atoms with Gasteiger partial charge in [-0.3, -0.25) is 9.59 Å².